The van der Waals surface area contributed by atoms with Gasteiger partial charge in [-0.1, -0.05) is 12.1 Å². The molecule has 2 saturated heterocycles. The molecule has 0 radical (unpaired) electrons. The Kier molecular flexibility index (Phi) is 3.70. The van der Waals surface area contributed by atoms with Crippen LogP contribution in [0.1, 0.15) is 32.7 Å². The molecule has 2 bridgehead atoms. The van der Waals surface area contributed by atoms with Gasteiger partial charge in [0.1, 0.15) is 0 Å². The Balaban J connectivity index is 1.68. The van der Waals surface area contributed by atoms with Gasteiger partial charge in [-0.25, -0.2) is 0 Å². The standard InChI is InChI=1S/C18H22N2O3/c1-19-7-12-8-20(13(9-19)11-23-10-12)18(22)16-4-2-3-15-14(16)5-6-17(15)21/h2-4,12-13H,5-11H2,1H3/t12-,13-/m0/s1. The van der Waals surface area contributed by atoms with Gasteiger partial charge in [-0.15, -0.1) is 0 Å². The Bertz CT molecular complexity index is 658. The molecule has 2 fully saturated rings. The number of benzene rings is 1. The quantitative estimate of drug-likeness (QED) is 0.782. The number of amides is 1. The number of rotatable bonds is 1. The van der Waals surface area contributed by atoms with E-state index in [1.54, 1.807) is 0 Å². The summed E-state index contributed by atoms with van der Waals surface area (Å²) in [4.78, 5) is 29.4. The number of hydrogen-bond acceptors (Lipinski definition) is 4. The molecule has 0 spiro atoms. The minimum absolute atomic E-state index is 0.0624. The van der Waals surface area contributed by atoms with E-state index in [-0.39, 0.29) is 17.7 Å². The molecule has 1 aromatic carbocycles. The second kappa shape index (κ2) is 5.73. The van der Waals surface area contributed by atoms with Crippen LogP contribution >= 0.6 is 0 Å². The lowest BCUT2D eigenvalue weighted by Crippen LogP contribution is -2.46. The van der Waals surface area contributed by atoms with Gasteiger partial charge in [-0.05, 0) is 25.1 Å². The monoisotopic (exact) mass is 314 g/mol. The third-order valence-corrected chi connectivity index (χ3v) is 5.22. The lowest BCUT2D eigenvalue weighted by atomic mass is 10.0. The number of fused-ring (bicyclic) bond motifs is 4. The molecular weight excluding hydrogens is 292 g/mol. The summed E-state index contributed by atoms with van der Waals surface area (Å²) in [5.74, 6) is 0.578. The summed E-state index contributed by atoms with van der Waals surface area (Å²) in [5, 5.41) is 0. The molecule has 1 aliphatic carbocycles. The van der Waals surface area contributed by atoms with E-state index in [1.165, 1.54) is 0 Å². The van der Waals surface area contributed by atoms with Crippen molar-refractivity contribution in [1.82, 2.24) is 9.80 Å². The Labute approximate surface area is 136 Å². The Morgan fingerprint density at radius 3 is 2.91 bits per heavy atom. The highest BCUT2D eigenvalue weighted by molar-refractivity contribution is 6.05. The second-order valence-electron chi connectivity index (χ2n) is 6.99. The molecule has 5 nitrogen and oxygen atoms in total. The molecule has 0 N–H and O–H groups in total. The molecule has 0 unspecified atom stereocenters. The predicted octanol–water partition coefficient (Wildman–Crippen LogP) is 1.22. The van der Waals surface area contributed by atoms with Gasteiger partial charge in [0, 0.05) is 43.1 Å². The van der Waals surface area contributed by atoms with Crippen LogP contribution in [0.15, 0.2) is 18.2 Å². The average Bonchev–Trinajstić information content (AvgIpc) is 2.70. The molecule has 3 aliphatic rings. The summed E-state index contributed by atoms with van der Waals surface area (Å²) >= 11 is 0. The molecule has 4 rings (SSSR count). The third kappa shape index (κ3) is 2.58. The average molecular weight is 314 g/mol. The van der Waals surface area contributed by atoms with E-state index in [2.05, 4.69) is 11.9 Å². The third-order valence-electron chi connectivity index (χ3n) is 5.22. The van der Waals surface area contributed by atoms with Crippen LogP contribution in [0.4, 0.5) is 0 Å². The Morgan fingerprint density at radius 2 is 2.04 bits per heavy atom. The first kappa shape index (κ1) is 14.8. The van der Waals surface area contributed by atoms with Gasteiger partial charge in [0.15, 0.2) is 5.78 Å². The number of Topliss-reactive ketones (excluding diaryl/α,β-unsaturated/α-hetero) is 1. The van der Waals surface area contributed by atoms with E-state index in [0.29, 0.717) is 30.9 Å². The van der Waals surface area contributed by atoms with Gasteiger partial charge >= 0.3 is 0 Å². The number of ketones is 1. The maximum Gasteiger partial charge on any atom is 0.254 e. The number of carbonyl (C=O) groups excluding carboxylic acids is 2. The van der Waals surface area contributed by atoms with E-state index in [0.717, 1.165) is 37.4 Å². The van der Waals surface area contributed by atoms with Gasteiger partial charge in [0.2, 0.25) is 0 Å². The molecule has 0 aromatic heterocycles. The van der Waals surface area contributed by atoms with E-state index in [4.69, 9.17) is 4.74 Å². The highest BCUT2D eigenvalue weighted by atomic mass is 16.5. The summed E-state index contributed by atoms with van der Waals surface area (Å²) in [6, 6.07) is 5.65. The molecule has 23 heavy (non-hydrogen) atoms. The van der Waals surface area contributed by atoms with Crippen molar-refractivity contribution >= 4 is 11.7 Å². The summed E-state index contributed by atoms with van der Waals surface area (Å²) in [7, 11) is 2.11. The number of carbonyl (C=O) groups is 2. The molecular formula is C18H22N2O3. The smallest absolute Gasteiger partial charge is 0.254 e. The van der Waals surface area contributed by atoms with Crippen molar-refractivity contribution in [2.45, 2.75) is 18.9 Å². The van der Waals surface area contributed by atoms with E-state index < -0.39 is 0 Å². The normalized spacial score (nSPS) is 27.7. The van der Waals surface area contributed by atoms with Crippen LogP contribution in [0.5, 0.6) is 0 Å². The van der Waals surface area contributed by atoms with Crippen molar-refractivity contribution in [3.63, 3.8) is 0 Å². The number of ether oxygens (including phenoxy) is 1. The van der Waals surface area contributed by atoms with Crippen LogP contribution in [0.2, 0.25) is 0 Å². The fourth-order valence-electron chi connectivity index (χ4n) is 4.17. The molecule has 1 amide bonds. The van der Waals surface area contributed by atoms with E-state index in [1.807, 2.05) is 23.1 Å². The first-order valence-corrected chi connectivity index (χ1v) is 8.36. The molecule has 1 aromatic rings. The minimum Gasteiger partial charge on any atom is -0.379 e. The number of nitrogens with zero attached hydrogens (tertiary/aromatic N) is 2. The van der Waals surface area contributed by atoms with Crippen LogP contribution < -0.4 is 0 Å². The minimum atomic E-state index is 0.0624. The van der Waals surface area contributed by atoms with Crippen molar-refractivity contribution in [1.29, 1.82) is 0 Å². The van der Waals surface area contributed by atoms with Crippen LogP contribution in [0, 0.1) is 5.92 Å². The lowest BCUT2D eigenvalue weighted by molar-refractivity contribution is 0.0483. The molecule has 2 atom stereocenters. The number of hydrogen-bond donors (Lipinski definition) is 0. The molecule has 0 saturated carbocycles. The maximum atomic E-state index is 13.2. The molecule has 122 valence electrons. The summed E-state index contributed by atoms with van der Waals surface area (Å²) < 4.78 is 5.76. The Morgan fingerprint density at radius 1 is 1.17 bits per heavy atom. The van der Waals surface area contributed by atoms with Crippen molar-refractivity contribution in [3.8, 4) is 0 Å². The first-order valence-electron chi connectivity index (χ1n) is 8.36. The Hall–Kier alpha value is -1.72. The van der Waals surface area contributed by atoms with E-state index in [9.17, 15) is 9.59 Å². The van der Waals surface area contributed by atoms with E-state index >= 15 is 0 Å². The first-order chi connectivity index (χ1) is 11.1. The fraction of sp³-hybridized carbons (Fsp3) is 0.556. The largest absolute Gasteiger partial charge is 0.379 e. The fourth-order valence-corrected chi connectivity index (χ4v) is 4.17. The van der Waals surface area contributed by atoms with Crippen LogP contribution in [0.3, 0.4) is 0 Å². The van der Waals surface area contributed by atoms with Gasteiger partial charge in [0.25, 0.3) is 5.91 Å². The highest BCUT2D eigenvalue weighted by Gasteiger charge is 2.36. The van der Waals surface area contributed by atoms with Crippen LogP contribution in [-0.2, 0) is 11.2 Å². The summed E-state index contributed by atoms with van der Waals surface area (Å²) in [6.45, 7) is 3.86. The summed E-state index contributed by atoms with van der Waals surface area (Å²) in [6.07, 6.45) is 1.21. The van der Waals surface area contributed by atoms with Crippen molar-refractivity contribution in [2.24, 2.45) is 5.92 Å². The SMILES string of the molecule is CN1C[C@@H]2COC[C@H](C1)N(C(=O)c1cccc3c1CCC3=O)C2. The van der Waals surface area contributed by atoms with Crippen molar-refractivity contribution < 1.29 is 14.3 Å². The zero-order valence-corrected chi connectivity index (χ0v) is 13.5. The molecule has 5 heteroatoms. The van der Waals surface area contributed by atoms with Gasteiger partial charge in [-0.3, -0.25) is 9.59 Å². The summed E-state index contributed by atoms with van der Waals surface area (Å²) in [5.41, 5.74) is 2.39. The molecule has 2 heterocycles. The zero-order chi connectivity index (χ0) is 16.0. The lowest BCUT2D eigenvalue weighted by Gasteiger charge is -2.30. The van der Waals surface area contributed by atoms with Gasteiger partial charge < -0.3 is 14.5 Å². The number of likely N-dealkylation sites (N-methyl/N-ethyl adjacent to an activating group) is 1. The zero-order valence-electron chi connectivity index (χ0n) is 13.5. The maximum absolute atomic E-state index is 13.2. The molecule has 2 aliphatic heterocycles. The predicted molar refractivity (Wildman–Crippen MR) is 85.7 cm³/mol. The van der Waals surface area contributed by atoms with Crippen LogP contribution in [0.25, 0.3) is 0 Å². The van der Waals surface area contributed by atoms with Crippen molar-refractivity contribution in [2.75, 3.05) is 39.9 Å². The topological polar surface area (TPSA) is 49.9 Å². The van der Waals surface area contributed by atoms with Crippen LogP contribution in [-0.4, -0.2) is 67.4 Å². The van der Waals surface area contributed by atoms with Crippen molar-refractivity contribution in [3.05, 3.63) is 34.9 Å². The second-order valence-corrected chi connectivity index (χ2v) is 6.99. The van der Waals surface area contributed by atoms with Gasteiger partial charge in [0.05, 0.1) is 19.3 Å². The van der Waals surface area contributed by atoms with Gasteiger partial charge in [-0.2, -0.15) is 0 Å². The highest BCUT2D eigenvalue weighted by Crippen LogP contribution is 2.28.